The summed E-state index contributed by atoms with van der Waals surface area (Å²) in [6.45, 7) is 3.88. The van der Waals surface area contributed by atoms with Gasteiger partial charge in [0.05, 0.1) is 18.9 Å². The Morgan fingerprint density at radius 2 is 1.94 bits per heavy atom. The van der Waals surface area contributed by atoms with Crippen molar-refractivity contribution in [3.63, 3.8) is 0 Å². The zero-order chi connectivity index (χ0) is 21.6. The van der Waals surface area contributed by atoms with Crippen molar-refractivity contribution >= 4 is 22.6 Å². The van der Waals surface area contributed by atoms with Crippen LogP contribution in [0, 0.1) is 5.82 Å². The van der Waals surface area contributed by atoms with Gasteiger partial charge in [0.15, 0.2) is 5.17 Å². The van der Waals surface area contributed by atoms with Crippen LogP contribution in [0.25, 0.3) is 0 Å². The summed E-state index contributed by atoms with van der Waals surface area (Å²) in [5, 5.41) is 1.13. The highest BCUT2D eigenvalue weighted by atomic mass is 32.2. The molecule has 5 nitrogen and oxygen atoms in total. The summed E-state index contributed by atoms with van der Waals surface area (Å²) >= 11 is 1.83. The minimum Gasteiger partial charge on any atom is -0.375 e. The smallest absolute Gasteiger partial charge is 0.164 e. The summed E-state index contributed by atoms with van der Waals surface area (Å²) in [4.78, 5) is 9.68. The first kappa shape index (κ1) is 22.3. The lowest BCUT2D eigenvalue weighted by Gasteiger charge is -2.39. The summed E-state index contributed by atoms with van der Waals surface area (Å²) in [5.41, 5.74) is 9.67. The van der Waals surface area contributed by atoms with E-state index >= 15 is 0 Å². The van der Waals surface area contributed by atoms with E-state index in [2.05, 4.69) is 41.1 Å². The van der Waals surface area contributed by atoms with Crippen LogP contribution >= 0.6 is 11.8 Å². The maximum absolute atomic E-state index is 13.0. The molecule has 2 aliphatic rings. The van der Waals surface area contributed by atoms with Gasteiger partial charge in [0.1, 0.15) is 5.82 Å². The molecule has 0 bridgehead atoms. The second-order valence-corrected chi connectivity index (χ2v) is 9.30. The van der Waals surface area contributed by atoms with Gasteiger partial charge in [-0.15, -0.1) is 0 Å². The number of para-hydroxylation sites is 1. The second kappa shape index (κ2) is 10.6. The number of fused-ring (bicyclic) bond motifs is 1. The van der Waals surface area contributed by atoms with Crippen molar-refractivity contribution in [2.75, 3.05) is 33.3 Å². The first-order valence-corrected chi connectivity index (χ1v) is 11.9. The van der Waals surface area contributed by atoms with Crippen LogP contribution in [0.3, 0.4) is 0 Å². The van der Waals surface area contributed by atoms with Crippen LogP contribution in [-0.4, -0.2) is 60.3 Å². The number of nitrogens with zero attached hydrogens (tertiary/aromatic N) is 3. The number of rotatable bonds is 7. The summed E-state index contributed by atoms with van der Waals surface area (Å²) in [5.74, 6) is 0.763. The number of hydrogen-bond donors (Lipinski definition) is 1. The highest BCUT2D eigenvalue weighted by Crippen LogP contribution is 2.32. The Morgan fingerprint density at radius 1 is 1.19 bits per heavy atom. The molecule has 0 aliphatic carbocycles. The number of aliphatic imine (C=N–C) groups is 1. The molecule has 2 aromatic rings. The van der Waals surface area contributed by atoms with E-state index in [0.29, 0.717) is 19.3 Å². The maximum atomic E-state index is 13.0. The number of amidine groups is 1. The van der Waals surface area contributed by atoms with Gasteiger partial charge in [-0.25, -0.2) is 9.38 Å². The van der Waals surface area contributed by atoms with Gasteiger partial charge < -0.3 is 20.3 Å². The van der Waals surface area contributed by atoms with Crippen LogP contribution in [0.1, 0.15) is 24.0 Å². The molecule has 0 amide bonds. The SMILES string of the molecule is CN(C1=Nc2ccccc2CS1)C1CCN(CC(N)COCc2ccc(F)cc2)CC1. The van der Waals surface area contributed by atoms with E-state index in [4.69, 9.17) is 15.5 Å². The molecule has 31 heavy (non-hydrogen) atoms. The fourth-order valence-corrected chi connectivity index (χ4v) is 5.18. The number of ether oxygens (including phenoxy) is 1. The molecule has 1 unspecified atom stereocenters. The minimum absolute atomic E-state index is 0.0236. The van der Waals surface area contributed by atoms with Crippen LogP contribution < -0.4 is 5.73 Å². The second-order valence-electron chi connectivity index (χ2n) is 8.36. The van der Waals surface area contributed by atoms with Crippen molar-refractivity contribution in [2.24, 2.45) is 10.7 Å². The van der Waals surface area contributed by atoms with Crippen molar-refractivity contribution in [1.82, 2.24) is 9.80 Å². The number of halogens is 1. The van der Waals surface area contributed by atoms with Crippen LogP contribution in [0.4, 0.5) is 10.1 Å². The van der Waals surface area contributed by atoms with E-state index in [1.807, 2.05) is 11.8 Å². The lowest BCUT2D eigenvalue weighted by atomic mass is 10.0. The number of likely N-dealkylation sites (tertiary alicyclic amines) is 1. The van der Waals surface area contributed by atoms with Crippen LogP contribution in [0.5, 0.6) is 0 Å². The Kier molecular flexibility index (Phi) is 7.61. The van der Waals surface area contributed by atoms with Gasteiger partial charge in [-0.05, 0) is 42.2 Å². The van der Waals surface area contributed by atoms with Gasteiger partial charge in [-0.3, -0.25) is 0 Å². The molecule has 2 aliphatic heterocycles. The third-order valence-corrected chi connectivity index (χ3v) is 7.07. The van der Waals surface area contributed by atoms with E-state index < -0.39 is 0 Å². The van der Waals surface area contributed by atoms with Crippen molar-refractivity contribution in [3.8, 4) is 0 Å². The molecule has 0 spiro atoms. The summed E-state index contributed by atoms with van der Waals surface area (Å²) < 4.78 is 18.7. The molecule has 1 fully saturated rings. The van der Waals surface area contributed by atoms with Crippen molar-refractivity contribution in [3.05, 3.63) is 65.5 Å². The predicted octanol–water partition coefficient (Wildman–Crippen LogP) is 4.00. The number of benzene rings is 2. The Labute approximate surface area is 188 Å². The van der Waals surface area contributed by atoms with Crippen LogP contribution in [-0.2, 0) is 17.1 Å². The molecule has 0 aromatic heterocycles. The van der Waals surface area contributed by atoms with Gasteiger partial charge in [0.2, 0.25) is 0 Å². The lowest BCUT2D eigenvalue weighted by Crippen LogP contribution is -2.48. The number of nitrogens with two attached hydrogens (primary N) is 1. The van der Waals surface area contributed by atoms with Crippen LogP contribution in [0.15, 0.2) is 53.5 Å². The van der Waals surface area contributed by atoms with Gasteiger partial charge in [0, 0.05) is 44.5 Å². The van der Waals surface area contributed by atoms with E-state index in [9.17, 15) is 4.39 Å². The topological polar surface area (TPSA) is 54.1 Å². The van der Waals surface area contributed by atoms with Gasteiger partial charge in [0.25, 0.3) is 0 Å². The largest absolute Gasteiger partial charge is 0.375 e. The van der Waals surface area contributed by atoms with Crippen LogP contribution in [0.2, 0.25) is 0 Å². The Bertz CT molecular complexity index is 883. The minimum atomic E-state index is -0.228. The van der Waals surface area contributed by atoms with E-state index in [1.54, 1.807) is 12.1 Å². The molecule has 166 valence electrons. The molecule has 0 saturated carbocycles. The molecule has 7 heteroatoms. The zero-order valence-corrected chi connectivity index (χ0v) is 18.9. The molecule has 0 radical (unpaired) electrons. The predicted molar refractivity (Wildman–Crippen MR) is 126 cm³/mol. The quantitative estimate of drug-likeness (QED) is 0.702. The van der Waals surface area contributed by atoms with Crippen molar-refractivity contribution in [1.29, 1.82) is 0 Å². The van der Waals surface area contributed by atoms with E-state index in [0.717, 1.165) is 54.6 Å². The van der Waals surface area contributed by atoms with E-state index in [1.165, 1.54) is 17.7 Å². The fraction of sp³-hybridized carbons (Fsp3) is 0.458. The van der Waals surface area contributed by atoms with Gasteiger partial charge in [-0.1, -0.05) is 42.1 Å². The third-order valence-electron chi connectivity index (χ3n) is 5.98. The summed E-state index contributed by atoms with van der Waals surface area (Å²) in [7, 11) is 2.18. The monoisotopic (exact) mass is 442 g/mol. The molecule has 2 heterocycles. The normalized spacial score (nSPS) is 18.4. The Balaban J connectivity index is 1.19. The summed E-state index contributed by atoms with van der Waals surface area (Å²) in [6, 6.07) is 15.3. The molecule has 2 aromatic carbocycles. The molecule has 1 atom stereocenters. The Hall–Kier alpha value is -1.93. The molecule has 4 rings (SSSR count). The number of thioether (sulfide) groups is 1. The van der Waals surface area contributed by atoms with Gasteiger partial charge >= 0.3 is 0 Å². The number of hydrogen-bond acceptors (Lipinski definition) is 6. The third kappa shape index (κ3) is 6.07. The van der Waals surface area contributed by atoms with Crippen molar-refractivity contribution in [2.45, 2.75) is 37.3 Å². The average molecular weight is 443 g/mol. The zero-order valence-electron chi connectivity index (χ0n) is 18.0. The highest BCUT2D eigenvalue weighted by Gasteiger charge is 2.26. The highest BCUT2D eigenvalue weighted by molar-refractivity contribution is 8.13. The van der Waals surface area contributed by atoms with E-state index in [-0.39, 0.29) is 11.9 Å². The fourth-order valence-electron chi connectivity index (χ4n) is 4.14. The first-order chi connectivity index (χ1) is 15.1. The molecular weight excluding hydrogens is 411 g/mol. The Morgan fingerprint density at radius 3 is 2.71 bits per heavy atom. The first-order valence-electron chi connectivity index (χ1n) is 10.9. The maximum Gasteiger partial charge on any atom is 0.164 e. The molecule has 2 N–H and O–H groups in total. The summed E-state index contributed by atoms with van der Waals surface area (Å²) in [6.07, 6.45) is 2.22. The number of piperidine rings is 1. The molecular formula is C24H31FN4OS. The lowest BCUT2D eigenvalue weighted by molar-refractivity contribution is 0.0866. The average Bonchev–Trinajstić information content (AvgIpc) is 2.80. The van der Waals surface area contributed by atoms with Gasteiger partial charge in [-0.2, -0.15) is 0 Å². The molecule has 1 saturated heterocycles. The van der Waals surface area contributed by atoms with Crippen molar-refractivity contribution < 1.29 is 9.13 Å². The standard InChI is InChI=1S/C24H31FN4OS/c1-28(24-27-23-5-3-2-4-19(23)17-31-24)22-10-12-29(13-11-22)14-21(26)16-30-15-18-6-8-20(25)9-7-18/h2-9,21-22H,10-17,26H2,1H3.